The number of hydrogen-bond donors (Lipinski definition) is 1. The van der Waals surface area contributed by atoms with Crippen LogP contribution in [0, 0.1) is 10.1 Å². The van der Waals surface area contributed by atoms with Crippen molar-refractivity contribution < 1.29 is 24.3 Å². The van der Waals surface area contributed by atoms with Gasteiger partial charge >= 0.3 is 0 Å². The van der Waals surface area contributed by atoms with Crippen LogP contribution in [0.25, 0.3) is 18.2 Å². The van der Waals surface area contributed by atoms with E-state index in [0.29, 0.717) is 11.3 Å². The minimum Gasteiger partial charge on any atom is -0.507 e. The van der Waals surface area contributed by atoms with Gasteiger partial charge in [-0.15, -0.1) is 5.10 Å². The van der Waals surface area contributed by atoms with Gasteiger partial charge in [-0.25, -0.2) is 0 Å². The standard InChI is InChI=1S/C32H25N3O6/c1-2-40-31-29(32(37)34(33-31)25-13-15-26(16-14-25)35(38)39)21-24-20-23(12-19-30(24)36)9-8-22-10-17-28(18-11-22)41-27-6-4-3-5-7-27/h3-21,36H,2H2,1H3. The van der Waals surface area contributed by atoms with E-state index < -0.39 is 10.8 Å². The molecule has 41 heavy (non-hydrogen) atoms. The van der Waals surface area contributed by atoms with Crippen LogP contribution >= 0.6 is 0 Å². The quantitative estimate of drug-likeness (QED) is 0.109. The van der Waals surface area contributed by atoms with Gasteiger partial charge in [-0.05, 0) is 72.7 Å². The number of phenols is 1. The number of carbonyl (C=O) groups excluding carboxylic acids is 1. The Balaban J connectivity index is 1.35. The number of nitro benzene ring substituents is 1. The van der Waals surface area contributed by atoms with Crippen molar-refractivity contribution in [1.29, 1.82) is 0 Å². The first-order valence-electron chi connectivity index (χ1n) is 12.8. The second kappa shape index (κ2) is 12.0. The molecule has 0 saturated heterocycles. The maximum atomic E-state index is 13.3. The van der Waals surface area contributed by atoms with Crippen LogP contribution in [0.15, 0.2) is 108 Å². The van der Waals surface area contributed by atoms with Crippen molar-refractivity contribution >= 4 is 41.4 Å². The third kappa shape index (κ3) is 6.31. The van der Waals surface area contributed by atoms with Gasteiger partial charge < -0.3 is 14.6 Å². The summed E-state index contributed by atoms with van der Waals surface area (Å²) < 4.78 is 11.4. The highest BCUT2D eigenvalue weighted by Crippen LogP contribution is 2.30. The molecule has 1 aliphatic rings. The summed E-state index contributed by atoms with van der Waals surface area (Å²) in [7, 11) is 0. The fourth-order valence-corrected chi connectivity index (χ4v) is 4.06. The molecule has 1 amide bonds. The van der Waals surface area contributed by atoms with Gasteiger partial charge in [0.25, 0.3) is 11.6 Å². The fraction of sp³-hybridized carbons (Fsp3) is 0.0625. The Morgan fingerprint density at radius 2 is 1.56 bits per heavy atom. The van der Waals surface area contributed by atoms with Crippen LogP contribution in [0.4, 0.5) is 11.4 Å². The molecule has 5 rings (SSSR count). The molecule has 204 valence electrons. The molecule has 0 unspecified atom stereocenters. The number of ether oxygens (including phenoxy) is 2. The summed E-state index contributed by atoms with van der Waals surface area (Å²) in [5, 5.41) is 26.9. The zero-order valence-electron chi connectivity index (χ0n) is 22.0. The summed E-state index contributed by atoms with van der Waals surface area (Å²) >= 11 is 0. The molecule has 4 aromatic carbocycles. The Bertz CT molecular complexity index is 1660. The number of anilines is 1. The Kier molecular flexibility index (Phi) is 7.87. The Hall–Kier alpha value is -5.70. The SMILES string of the molecule is CCOC1=NN(c2ccc([N+](=O)[O-])cc2)C(=O)C1=Cc1cc(C=Cc2ccc(Oc3ccccc3)cc2)ccc1O. The van der Waals surface area contributed by atoms with E-state index >= 15 is 0 Å². The number of carbonyl (C=O) groups is 1. The first kappa shape index (κ1) is 26.9. The van der Waals surface area contributed by atoms with Gasteiger partial charge in [-0.2, -0.15) is 5.01 Å². The Morgan fingerprint density at radius 1 is 0.902 bits per heavy atom. The van der Waals surface area contributed by atoms with Crippen LogP contribution in [0.3, 0.4) is 0 Å². The first-order chi connectivity index (χ1) is 19.9. The van der Waals surface area contributed by atoms with E-state index in [2.05, 4.69) is 5.10 Å². The number of rotatable bonds is 8. The summed E-state index contributed by atoms with van der Waals surface area (Å²) in [6.07, 6.45) is 5.34. The fourth-order valence-electron chi connectivity index (χ4n) is 4.06. The van der Waals surface area contributed by atoms with Crippen LogP contribution < -0.4 is 9.75 Å². The normalized spacial score (nSPS) is 14.0. The molecule has 0 aliphatic carbocycles. The predicted molar refractivity (Wildman–Crippen MR) is 158 cm³/mol. The van der Waals surface area contributed by atoms with Crippen molar-refractivity contribution in [3.63, 3.8) is 0 Å². The second-order valence-electron chi connectivity index (χ2n) is 8.92. The summed E-state index contributed by atoms with van der Waals surface area (Å²) in [6.45, 7) is 2.03. The molecule has 4 aromatic rings. The molecule has 0 fully saturated rings. The average molecular weight is 548 g/mol. The molecule has 0 spiro atoms. The smallest absolute Gasteiger partial charge is 0.284 e. The highest BCUT2D eigenvalue weighted by atomic mass is 16.6. The number of hydrazone groups is 1. The van der Waals surface area contributed by atoms with E-state index in [1.807, 2.05) is 66.7 Å². The zero-order valence-corrected chi connectivity index (χ0v) is 22.0. The van der Waals surface area contributed by atoms with Crippen LogP contribution in [-0.2, 0) is 9.53 Å². The third-order valence-corrected chi connectivity index (χ3v) is 6.11. The average Bonchev–Trinajstić information content (AvgIpc) is 3.29. The van der Waals surface area contributed by atoms with Gasteiger partial charge in [0.2, 0.25) is 5.90 Å². The lowest BCUT2D eigenvalue weighted by molar-refractivity contribution is -0.384. The molecule has 1 heterocycles. The maximum absolute atomic E-state index is 13.3. The van der Waals surface area contributed by atoms with Gasteiger partial charge in [0.15, 0.2) is 0 Å². The molecule has 0 atom stereocenters. The van der Waals surface area contributed by atoms with Crippen molar-refractivity contribution in [3.05, 3.63) is 129 Å². The van der Waals surface area contributed by atoms with Gasteiger partial charge in [-0.3, -0.25) is 14.9 Å². The van der Waals surface area contributed by atoms with Crippen LogP contribution in [0.2, 0.25) is 0 Å². The summed E-state index contributed by atoms with van der Waals surface area (Å²) in [4.78, 5) is 23.8. The Labute approximate surface area is 236 Å². The molecule has 1 N–H and O–H groups in total. The number of aromatic hydroxyl groups is 1. The number of non-ortho nitro benzene ring substituents is 1. The third-order valence-electron chi connectivity index (χ3n) is 6.11. The van der Waals surface area contributed by atoms with Crippen molar-refractivity contribution in [3.8, 4) is 17.2 Å². The second-order valence-corrected chi connectivity index (χ2v) is 8.92. The van der Waals surface area contributed by atoms with Crippen molar-refractivity contribution in [1.82, 2.24) is 0 Å². The van der Waals surface area contributed by atoms with Crippen molar-refractivity contribution in [2.75, 3.05) is 11.6 Å². The van der Waals surface area contributed by atoms with Gasteiger partial charge in [0, 0.05) is 17.7 Å². The maximum Gasteiger partial charge on any atom is 0.284 e. The van der Waals surface area contributed by atoms with Crippen LogP contribution in [-0.4, -0.2) is 28.4 Å². The molecule has 0 saturated carbocycles. The molecular weight excluding hydrogens is 522 g/mol. The Morgan fingerprint density at radius 3 is 2.24 bits per heavy atom. The van der Waals surface area contributed by atoms with Crippen molar-refractivity contribution in [2.45, 2.75) is 6.92 Å². The molecule has 9 nitrogen and oxygen atoms in total. The van der Waals surface area contributed by atoms with E-state index in [1.54, 1.807) is 25.1 Å². The highest BCUT2D eigenvalue weighted by molar-refractivity contribution is 6.30. The van der Waals surface area contributed by atoms with Gasteiger partial charge in [0.05, 0.1) is 17.2 Å². The zero-order chi connectivity index (χ0) is 28.8. The largest absolute Gasteiger partial charge is 0.507 e. The first-order valence-corrected chi connectivity index (χ1v) is 12.8. The lowest BCUT2D eigenvalue weighted by Gasteiger charge is -2.10. The molecule has 0 radical (unpaired) electrons. The molecule has 0 bridgehead atoms. The van der Waals surface area contributed by atoms with Crippen LogP contribution in [0.1, 0.15) is 23.6 Å². The number of phenolic OH excluding ortho intramolecular Hbond substituents is 1. The monoisotopic (exact) mass is 547 g/mol. The number of benzene rings is 4. The number of para-hydroxylation sites is 1. The predicted octanol–water partition coefficient (Wildman–Crippen LogP) is 7.04. The highest BCUT2D eigenvalue weighted by Gasteiger charge is 2.33. The number of nitro groups is 1. The van der Waals surface area contributed by atoms with E-state index in [-0.39, 0.29) is 29.5 Å². The van der Waals surface area contributed by atoms with E-state index in [1.165, 1.54) is 30.3 Å². The lowest BCUT2D eigenvalue weighted by atomic mass is 10.0. The van der Waals surface area contributed by atoms with E-state index in [0.717, 1.165) is 27.6 Å². The minimum atomic E-state index is -0.518. The van der Waals surface area contributed by atoms with Crippen LogP contribution in [0.5, 0.6) is 17.2 Å². The van der Waals surface area contributed by atoms with E-state index in [9.17, 15) is 20.0 Å². The minimum absolute atomic E-state index is 0.0190. The van der Waals surface area contributed by atoms with E-state index in [4.69, 9.17) is 9.47 Å². The van der Waals surface area contributed by atoms with Crippen molar-refractivity contribution in [2.24, 2.45) is 5.10 Å². The number of nitrogens with zero attached hydrogens (tertiary/aromatic N) is 3. The topological polar surface area (TPSA) is 114 Å². The summed E-state index contributed by atoms with van der Waals surface area (Å²) in [5.41, 5.74) is 2.55. The number of amides is 1. The van der Waals surface area contributed by atoms with Gasteiger partial charge in [-0.1, -0.05) is 48.6 Å². The lowest BCUT2D eigenvalue weighted by Crippen LogP contribution is -2.21. The summed E-state index contributed by atoms with van der Waals surface area (Å²) in [6, 6.07) is 27.7. The molecular formula is C32H25N3O6. The molecule has 1 aliphatic heterocycles. The van der Waals surface area contributed by atoms with Gasteiger partial charge in [0.1, 0.15) is 22.8 Å². The molecule has 0 aromatic heterocycles. The summed E-state index contributed by atoms with van der Waals surface area (Å²) in [5.74, 6) is 1.07. The molecule has 9 heteroatoms. The number of hydrogen-bond acceptors (Lipinski definition) is 7.